The van der Waals surface area contributed by atoms with Gasteiger partial charge in [0.05, 0.1) is 0 Å². The van der Waals surface area contributed by atoms with Gasteiger partial charge in [0.25, 0.3) is 0 Å². The van der Waals surface area contributed by atoms with Crippen molar-refractivity contribution >= 4 is 86.8 Å². The molecule has 270 valence electrons. The second-order valence-electron chi connectivity index (χ2n) is 16.5. The van der Waals surface area contributed by atoms with Gasteiger partial charge < -0.3 is 0 Å². The van der Waals surface area contributed by atoms with Crippen LogP contribution >= 0.6 is 4.65 Å². The summed E-state index contributed by atoms with van der Waals surface area (Å²) >= 11 is 3.63. The van der Waals surface area contributed by atoms with Gasteiger partial charge >= 0.3 is 326 Å². The molecule has 5 aromatic rings. The van der Waals surface area contributed by atoms with Crippen LogP contribution < -0.4 is 23.9 Å². The first-order chi connectivity index (χ1) is 24.1. The molecule has 7 heteroatoms. The molecule has 0 radical (unpaired) electrons. The molecular weight excluding hydrogens is 806 g/mol. The number of hydrogen-bond donors (Lipinski definition) is 0. The molecule has 0 fully saturated rings. The first-order valence-corrected chi connectivity index (χ1v) is 30.4. The molecule has 0 bridgehead atoms. The zero-order valence-electron chi connectivity index (χ0n) is 32.7. The van der Waals surface area contributed by atoms with Crippen molar-refractivity contribution in [2.45, 2.75) is 116 Å². The van der Waals surface area contributed by atoms with E-state index in [0.717, 1.165) is 11.5 Å². The van der Waals surface area contributed by atoms with Gasteiger partial charge in [-0.2, -0.15) is 0 Å². The molecule has 0 aliphatic carbocycles. The topological polar surface area (TPSA) is 18.5 Å². The molecule has 0 unspecified atom stereocenters. The molecule has 0 aromatic heterocycles. The molecule has 0 amide bonds. The average Bonchev–Trinajstić information content (AvgIpc) is 3.19. The Morgan fingerprint density at radius 2 is 0.824 bits per heavy atom. The maximum absolute atomic E-state index is 7.84. The molecule has 0 saturated carbocycles. The van der Waals surface area contributed by atoms with Gasteiger partial charge in [-0.05, 0) is 0 Å². The Balaban J connectivity index is 1.91. The minimum absolute atomic E-state index is 0.0889. The van der Waals surface area contributed by atoms with E-state index in [1.54, 1.807) is 0 Å². The molecule has 5 aromatic carbocycles. The number of benzene rings is 5. The van der Waals surface area contributed by atoms with E-state index in [4.69, 9.17) is 9.05 Å². The summed E-state index contributed by atoms with van der Waals surface area (Å²) in [6.45, 7) is 29.7. The summed E-state index contributed by atoms with van der Waals surface area (Å²) in [5.41, 5.74) is 5.63. The van der Waals surface area contributed by atoms with Crippen molar-refractivity contribution in [3.8, 4) is 22.6 Å². The van der Waals surface area contributed by atoms with Gasteiger partial charge in [-0.25, -0.2) is 0 Å². The molecule has 6 rings (SSSR count). The molecule has 1 heterocycles. The number of fused-ring (bicyclic) bond motifs is 7. The predicted molar refractivity (Wildman–Crippen MR) is 234 cm³/mol. The van der Waals surface area contributed by atoms with Crippen LogP contribution in [0.3, 0.4) is 0 Å². The summed E-state index contributed by atoms with van der Waals surface area (Å²) in [6.07, 6.45) is 0. The van der Waals surface area contributed by atoms with E-state index in [1.807, 2.05) is 0 Å². The van der Waals surface area contributed by atoms with Gasteiger partial charge in [0.1, 0.15) is 0 Å². The second-order valence-corrected chi connectivity index (χ2v) is 41.4. The van der Waals surface area contributed by atoms with Crippen molar-refractivity contribution < 1.29 is 9.05 Å². The summed E-state index contributed by atoms with van der Waals surface area (Å²) in [7, 11) is -4.46. The van der Waals surface area contributed by atoms with E-state index in [2.05, 4.69) is 189 Å². The van der Waals surface area contributed by atoms with Crippen LogP contribution in [-0.2, 0) is 0 Å². The van der Waals surface area contributed by atoms with Crippen LogP contribution in [0.2, 0.25) is 33.2 Å². The van der Waals surface area contributed by atoms with E-state index in [9.17, 15) is 0 Å². The molecule has 51 heavy (non-hydrogen) atoms. The fourth-order valence-electron chi connectivity index (χ4n) is 10.7. The Morgan fingerprint density at radius 3 is 1.18 bits per heavy atom. The van der Waals surface area contributed by atoms with Crippen molar-refractivity contribution in [3.63, 3.8) is 0 Å². The third-order valence-electron chi connectivity index (χ3n) is 12.3. The van der Waals surface area contributed by atoms with E-state index in [0.29, 0.717) is 33.2 Å². The Morgan fingerprint density at radius 1 is 0.490 bits per heavy atom. The molecule has 1 aliphatic rings. The molecule has 0 spiro atoms. The predicted octanol–water partition coefficient (Wildman–Crippen LogP) is 12.1. The molecule has 0 N–H and O–H groups in total. The van der Waals surface area contributed by atoms with Crippen molar-refractivity contribution in [1.82, 2.24) is 0 Å². The first-order valence-electron chi connectivity index (χ1n) is 19.0. The summed E-state index contributed by atoms with van der Waals surface area (Å²) < 4.78 is 14.3. The van der Waals surface area contributed by atoms with Crippen molar-refractivity contribution in [2.24, 2.45) is 0 Å². The van der Waals surface area contributed by atoms with Crippen molar-refractivity contribution in [1.29, 1.82) is 0 Å². The van der Waals surface area contributed by atoms with Gasteiger partial charge in [0.15, 0.2) is 0 Å². The van der Waals surface area contributed by atoms with Crippen LogP contribution in [0.5, 0.6) is 11.5 Å². The van der Waals surface area contributed by atoms with Crippen LogP contribution in [-0.4, -0.2) is 45.8 Å². The van der Waals surface area contributed by atoms with Gasteiger partial charge in [-0.3, -0.25) is 0 Å². The third kappa shape index (κ3) is 6.33. The number of rotatable bonds is 10. The fraction of sp³-hybridized carbons (Fsp3) is 0.409. The van der Waals surface area contributed by atoms with Crippen molar-refractivity contribution in [2.75, 3.05) is 0 Å². The Hall–Kier alpha value is -1.88. The maximum atomic E-state index is 7.84. The minimum atomic E-state index is -2.64. The molecule has 0 atom stereocenters. The molecule has 2 nitrogen and oxygen atoms in total. The average molecular weight is 863 g/mol. The fourth-order valence-corrected chi connectivity index (χ4v) is 33.8. The zero-order valence-corrected chi connectivity index (χ0v) is 39.0. The first kappa shape index (κ1) is 38.8. The van der Waals surface area contributed by atoms with Gasteiger partial charge in [0, 0.05) is 0 Å². The quantitative estimate of drug-likeness (QED) is 0.103. The Bertz CT molecular complexity index is 1940. The van der Waals surface area contributed by atoms with Gasteiger partial charge in [-0.15, -0.1) is 0 Å². The monoisotopic (exact) mass is 864 g/mol. The van der Waals surface area contributed by atoms with Gasteiger partial charge in [0.2, 0.25) is 0 Å². The van der Waals surface area contributed by atoms with E-state index < -0.39 is 20.8 Å². The summed E-state index contributed by atoms with van der Waals surface area (Å²) in [5, 5.41) is 8.04. The van der Waals surface area contributed by atoms with Crippen LogP contribution in [0.1, 0.15) is 83.1 Å². The van der Waals surface area contributed by atoms with E-state index in [-0.39, 0.29) is 14.5 Å². The molecule has 0 saturated heterocycles. The third-order valence-corrected chi connectivity index (χ3v) is 35.2. The van der Waals surface area contributed by atoms with E-state index >= 15 is 0 Å². The SMILES string of the molecule is CC(C)[Si](c1cc2ccccc2c2c1OP(=[Se])([Se]c1ccccc1)Oc1c([Si](C(C)C)(C(C)C)C(C)C)cc3ccccc3c1-2)(C(C)C)C(C)C. The normalized spacial score (nSPS) is 14.8. The van der Waals surface area contributed by atoms with Crippen LogP contribution in [0.25, 0.3) is 32.7 Å². The summed E-state index contributed by atoms with van der Waals surface area (Å²) in [4.78, 5) is 0. The Kier molecular flexibility index (Phi) is 11.2. The summed E-state index contributed by atoms with van der Waals surface area (Å²) in [6, 6.07) is 34.2. The van der Waals surface area contributed by atoms with E-state index in [1.165, 1.54) is 47.5 Å². The number of hydrogen-bond acceptors (Lipinski definition) is 2. The van der Waals surface area contributed by atoms with Crippen molar-refractivity contribution in [3.05, 3.63) is 91.0 Å². The van der Waals surface area contributed by atoms with Crippen LogP contribution in [0, 0.1) is 0 Å². The molecular formula is C44H57O2PSe2Si2. The standard InChI is InChI=1S/C44H57O2PSe2Si2/c1-28(2)50(29(3)4,30(5)6)39-26-34-20-16-18-24-37(34)41-42-38-25-19-17-21-35(38)27-40(51(31(7)8,32(9)10)33(11)12)44(42)46-47(48,45-43(39)41)49-36-22-14-13-15-23-36/h13-33H,1-12H3. The van der Waals surface area contributed by atoms with Gasteiger partial charge in [-0.1, -0.05) is 0 Å². The van der Waals surface area contributed by atoms with Crippen LogP contribution in [0.15, 0.2) is 91.0 Å². The molecule has 1 aliphatic heterocycles. The summed E-state index contributed by atoms with van der Waals surface area (Å²) in [5.74, 6) is 2.18. The van der Waals surface area contributed by atoms with Crippen LogP contribution in [0.4, 0.5) is 0 Å². The second kappa shape index (κ2) is 14.7. The Labute approximate surface area is 323 Å². The zero-order chi connectivity index (χ0) is 37.0.